The molecule has 0 spiro atoms. The van der Waals surface area contributed by atoms with Gasteiger partial charge in [-0.25, -0.2) is 4.79 Å². The monoisotopic (exact) mass is 509 g/mol. The smallest absolute Gasteiger partial charge is 0.490 e. The van der Waals surface area contributed by atoms with Gasteiger partial charge in [-0.1, -0.05) is 30.3 Å². The molecule has 2 aromatic carbocycles. The third-order valence-electron chi connectivity index (χ3n) is 5.85. The van der Waals surface area contributed by atoms with Crippen LogP contribution in [0.3, 0.4) is 0 Å². The third kappa shape index (κ3) is 5.69. The zero-order chi connectivity index (χ0) is 26.6. The second-order valence-corrected chi connectivity index (χ2v) is 8.19. The number of benzene rings is 2. The third-order valence-corrected chi connectivity index (χ3v) is 5.85. The Morgan fingerprint density at radius 1 is 1.08 bits per heavy atom. The van der Waals surface area contributed by atoms with Crippen molar-refractivity contribution in [1.82, 2.24) is 14.9 Å². The normalized spacial score (nSPS) is 12.6. The van der Waals surface area contributed by atoms with Gasteiger partial charge in [0.2, 0.25) is 0 Å². The standard InChI is InChI=1S/C25H21N3O2.C2HF3O2/c1-30-23-11-10-20(18-6-4-13-26-15-18)24-21(23)16-28(25(24)29)14-12-19-9-8-17-5-2-3-7-22(17)27-19;3-2(4,5)1(6)7/h2-11,13,15H,12,14,16H2,1H3;(H,6,7). The zero-order valence-electron chi connectivity index (χ0n) is 19.7. The van der Waals surface area contributed by atoms with Crippen LogP contribution >= 0.6 is 0 Å². The van der Waals surface area contributed by atoms with Crippen LogP contribution in [0.15, 0.2) is 73.1 Å². The lowest BCUT2D eigenvalue weighted by Gasteiger charge is -2.15. The summed E-state index contributed by atoms with van der Waals surface area (Å²) in [6.07, 6.45) is -0.857. The van der Waals surface area contributed by atoms with Crippen LogP contribution in [0.2, 0.25) is 0 Å². The number of ether oxygens (including phenoxy) is 1. The largest absolute Gasteiger partial charge is 0.496 e. The highest BCUT2D eigenvalue weighted by atomic mass is 19.4. The van der Waals surface area contributed by atoms with Crippen molar-refractivity contribution in [2.75, 3.05) is 13.7 Å². The summed E-state index contributed by atoms with van der Waals surface area (Å²) in [5.74, 6) is -1.98. The molecule has 4 aromatic rings. The molecule has 2 aromatic heterocycles. The van der Waals surface area contributed by atoms with Gasteiger partial charge in [-0.3, -0.25) is 14.8 Å². The second kappa shape index (κ2) is 10.7. The summed E-state index contributed by atoms with van der Waals surface area (Å²) in [4.78, 5) is 33.0. The Morgan fingerprint density at radius 3 is 2.51 bits per heavy atom. The highest BCUT2D eigenvalue weighted by Crippen LogP contribution is 2.38. The van der Waals surface area contributed by atoms with Crippen LogP contribution in [0, 0.1) is 0 Å². The predicted molar refractivity (Wildman–Crippen MR) is 130 cm³/mol. The molecule has 0 fully saturated rings. The lowest BCUT2D eigenvalue weighted by Crippen LogP contribution is -2.26. The van der Waals surface area contributed by atoms with Crippen LogP contribution in [0.1, 0.15) is 21.6 Å². The number of carboxylic acids is 1. The molecule has 37 heavy (non-hydrogen) atoms. The molecule has 10 heteroatoms. The van der Waals surface area contributed by atoms with E-state index in [1.165, 1.54) is 0 Å². The number of para-hydroxylation sites is 1. The van der Waals surface area contributed by atoms with Gasteiger partial charge in [-0.2, -0.15) is 13.2 Å². The van der Waals surface area contributed by atoms with Crippen molar-refractivity contribution >= 4 is 22.8 Å². The number of hydrogen-bond acceptors (Lipinski definition) is 5. The number of methoxy groups -OCH3 is 1. The van der Waals surface area contributed by atoms with Crippen molar-refractivity contribution in [1.29, 1.82) is 0 Å². The molecule has 1 aliphatic heterocycles. The molecule has 0 saturated heterocycles. The van der Waals surface area contributed by atoms with Gasteiger partial charge in [0.1, 0.15) is 5.75 Å². The van der Waals surface area contributed by atoms with Crippen LogP contribution in [-0.4, -0.2) is 51.7 Å². The number of aliphatic carboxylic acids is 1. The van der Waals surface area contributed by atoms with Gasteiger partial charge < -0.3 is 14.7 Å². The molecule has 7 nitrogen and oxygen atoms in total. The van der Waals surface area contributed by atoms with Crippen LogP contribution in [0.4, 0.5) is 13.2 Å². The fourth-order valence-electron chi connectivity index (χ4n) is 4.08. The first-order valence-corrected chi connectivity index (χ1v) is 11.2. The van der Waals surface area contributed by atoms with Crippen molar-refractivity contribution in [3.8, 4) is 16.9 Å². The van der Waals surface area contributed by atoms with Gasteiger partial charge in [0.05, 0.1) is 24.7 Å². The molecule has 5 rings (SSSR count). The number of amides is 1. The molecule has 0 saturated carbocycles. The molecule has 1 amide bonds. The number of rotatable bonds is 5. The zero-order valence-corrected chi connectivity index (χ0v) is 19.7. The summed E-state index contributed by atoms with van der Waals surface area (Å²) in [7, 11) is 1.64. The summed E-state index contributed by atoms with van der Waals surface area (Å²) in [5.41, 5.74) is 5.45. The van der Waals surface area contributed by atoms with Gasteiger partial charge in [0, 0.05) is 47.6 Å². The number of carbonyl (C=O) groups excluding carboxylic acids is 1. The maximum absolute atomic E-state index is 13.3. The number of carbonyl (C=O) groups is 2. The van der Waals surface area contributed by atoms with Gasteiger partial charge in [-0.05, 0) is 35.9 Å². The van der Waals surface area contributed by atoms with E-state index in [0.717, 1.165) is 39.0 Å². The van der Waals surface area contributed by atoms with Crippen LogP contribution in [0.25, 0.3) is 22.0 Å². The van der Waals surface area contributed by atoms with E-state index in [1.807, 2.05) is 53.4 Å². The van der Waals surface area contributed by atoms with E-state index in [-0.39, 0.29) is 5.91 Å². The summed E-state index contributed by atoms with van der Waals surface area (Å²) in [5, 5.41) is 8.25. The van der Waals surface area contributed by atoms with Crippen LogP contribution in [-0.2, 0) is 17.8 Å². The number of halogens is 3. The second-order valence-electron chi connectivity index (χ2n) is 8.19. The minimum atomic E-state index is -5.08. The van der Waals surface area contributed by atoms with Gasteiger partial charge in [0.15, 0.2) is 0 Å². The molecular formula is C27H22F3N3O4. The minimum absolute atomic E-state index is 0.0311. The number of hydrogen-bond donors (Lipinski definition) is 1. The first-order chi connectivity index (χ1) is 17.7. The molecule has 0 atom stereocenters. The number of nitrogens with zero attached hydrogens (tertiary/aromatic N) is 3. The van der Waals surface area contributed by atoms with Gasteiger partial charge >= 0.3 is 12.1 Å². The topological polar surface area (TPSA) is 92.6 Å². The van der Waals surface area contributed by atoms with E-state index in [1.54, 1.807) is 19.5 Å². The van der Waals surface area contributed by atoms with Crippen molar-refractivity contribution in [3.05, 3.63) is 89.9 Å². The number of carboxylic acid groups (broad SMARTS) is 1. The maximum Gasteiger partial charge on any atom is 0.490 e. The number of fused-ring (bicyclic) bond motifs is 2. The Kier molecular flexibility index (Phi) is 7.37. The van der Waals surface area contributed by atoms with E-state index < -0.39 is 12.1 Å². The summed E-state index contributed by atoms with van der Waals surface area (Å²) >= 11 is 0. The van der Waals surface area contributed by atoms with E-state index in [4.69, 9.17) is 19.6 Å². The maximum atomic E-state index is 13.3. The van der Waals surface area contributed by atoms with Crippen molar-refractivity contribution < 1.29 is 32.6 Å². The Labute approximate surface area is 210 Å². The Hall–Kier alpha value is -4.47. The molecule has 0 aliphatic carbocycles. The van der Waals surface area contributed by atoms with E-state index in [2.05, 4.69) is 17.1 Å². The van der Waals surface area contributed by atoms with Crippen molar-refractivity contribution in [2.45, 2.75) is 19.1 Å². The van der Waals surface area contributed by atoms with E-state index in [0.29, 0.717) is 25.1 Å². The Bertz CT molecular complexity index is 1440. The molecule has 1 aliphatic rings. The summed E-state index contributed by atoms with van der Waals surface area (Å²) in [6.45, 7) is 1.15. The van der Waals surface area contributed by atoms with Crippen molar-refractivity contribution in [2.24, 2.45) is 0 Å². The van der Waals surface area contributed by atoms with Gasteiger partial charge in [0.25, 0.3) is 5.91 Å². The SMILES string of the molecule is COc1ccc(-c2cccnc2)c2c1CN(CCc1ccc3ccccc3n1)C2=O.O=C(O)C(F)(F)F. The Morgan fingerprint density at radius 2 is 1.84 bits per heavy atom. The molecule has 0 unspecified atom stereocenters. The van der Waals surface area contributed by atoms with Gasteiger partial charge in [-0.15, -0.1) is 0 Å². The average Bonchev–Trinajstić information content (AvgIpc) is 3.23. The number of pyridine rings is 2. The van der Waals surface area contributed by atoms with E-state index in [9.17, 15) is 18.0 Å². The quantitative estimate of drug-likeness (QED) is 0.401. The highest BCUT2D eigenvalue weighted by molar-refractivity contribution is 6.05. The fourth-order valence-corrected chi connectivity index (χ4v) is 4.08. The van der Waals surface area contributed by atoms with E-state index >= 15 is 0 Å². The minimum Gasteiger partial charge on any atom is -0.496 e. The lowest BCUT2D eigenvalue weighted by atomic mass is 9.97. The predicted octanol–water partition coefficient (Wildman–Crippen LogP) is 5.14. The fraction of sp³-hybridized carbons (Fsp3) is 0.185. The highest BCUT2D eigenvalue weighted by Gasteiger charge is 2.38. The Balaban J connectivity index is 0.000000405. The molecular weight excluding hydrogens is 487 g/mol. The molecule has 0 bridgehead atoms. The first kappa shape index (κ1) is 25.6. The summed E-state index contributed by atoms with van der Waals surface area (Å²) < 4.78 is 37.3. The number of aromatic nitrogens is 2. The molecule has 1 N–H and O–H groups in total. The first-order valence-electron chi connectivity index (χ1n) is 11.2. The van der Waals surface area contributed by atoms with Crippen molar-refractivity contribution in [3.63, 3.8) is 0 Å². The molecule has 0 radical (unpaired) electrons. The summed E-state index contributed by atoms with van der Waals surface area (Å²) in [6, 6.07) is 19.9. The molecule has 190 valence electrons. The van der Waals surface area contributed by atoms with Crippen LogP contribution < -0.4 is 4.74 Å². The van der Waals surface area contributed by atoms with Crippen LogP contribution in [0.5, 0.6) is 5.75 Å². The average molecular weight is 509 g/mol. The number of alkyl halides is 3. The molecule has 3 heterocycles. The lowest BCUT2D eigenvalue weighted by molar-refractivity contribution is -0.192.